The van der Waals surface area contributed by atoms with E-state index >= 15 is 0 Å². The highest BCUT2D eigenvalue weighted by Crippen LogP contribution is 2.22. The maximum absolute atomic E-state index is 12.2. The number of benzene rings is 1. The number of halogens is 2. The van der Waals surface area contributed by atoms with Crippen molar-refractivity contribution in [1.82, 2.24) is 5.32 Å². The molecule has 2 unspecified atom stereocenters. The lowest BCUT2D eigenvalue weighted by Crippen LogP contribution is -2.42. The van der Waals surface area contributed by atoms with E-state index in [0.29, 0.717) is 15.6 Å². The molecule has 104 valence electrons. The molecule has 0 radical (unpaired) electrons. The van der Waals surface area contributed by atoms with Crippen LogP contribution in [0.25, 0.3) is 0 Å². The molecule has 19 heavy (non-hydrogen) atoms. The molecule has 1 aliphatic rings. The highest BCUT2D eigenvalue weighted by atomic mass is 35.5. The second-order valence-electron chi connectivity index (χ2n) is 4.91. The Bertz CT molecular complexity index is 465. The molecule has 5 heteroatoms. The number of rotatable bonds is 2. The summed E-state index contributed by atoms with van der Waals surface area (Å²) >= 11 is 11.9. The Morgan fingerprint density at radius 2 is 1.95 bits per heavy atom. The van der Waals surface area contributed by atoms with Gasteiger partial charge < -0.3 is 10.4 Å². The number of carbonyl (C=O) groups is 1. The van der Waals surface area contributed by atoms with Gasteiger partial charge in [0.2, 0.25) is 0 Å². The van der Waals surface area contributed by atoms with Crippen molar-refractivity contribution in [2.75, 3.05) is 0 Å². The average molecular weight is 302 g/mol. The summed E-state index contributed by atoms with van der Waals surface area (Å²) in [6.45, 7) is 0. The van der Waals surface area contributed by atoms with Crippen molar-refractivity contribution in [2.24, 2.45) is 0 Å². The van der Waals surface area contributed by atoms with E-state index in [0.717, 1.165) is 32.1 Å². The Kier molecular flexibility index (Phi) is 5.08. The highest BCUT2D eigenvalue weighted by Gasteiger charge is 2.24. The Labute approximate surface area is 122 Å². The van der Waals surface area contributed by atoms with Crippen LogP contribution < -0.4 is 5.32 Å². The first-order valence-electron chi connectivity index (χ1n) is 6.52. The van der Waals surface area contributed by atoms with Gasteiger partial charge in [0.1, 0.15) is 0 Å². The molecular weight excluding hydrogens is 285 g/mol. The molecule has 0 bridgehead atoms. The monoisotopic (exact) mass is 301 g/mol. The predicted molar refractivity (Wildman–Crippen MR) is 76.8 cm³/mol. The first kappa shape index (κ1) is 14.6. The molecule has 0 aromatic heterocycles. The van der Waals surface area contributed by atoms with Gasteiger partial charge in [-0.1, -0.05) is 42.5 Å². The van der Waals surface area contributed by atoms with Gasteiger partial charge in [-0.2, -0.15) is 0 Å². The molecule has 2 rings (SSSR count). The van der Waals surface area contributed by atoms with E-state index in [1.807, 2.05) is 0 Å². The molecule has 2 N–H and O–H groups in total. The van der Waals surface area contributed by atoms with Crippen LogP contribution in [0, 0.1) is 0 Å². The minimum Gasteiger partial charge on any atom is -0.391 e. The van der Waals surface area contributed by atoms with Crippen molar-refractivity contribution in [2.45, 2.75) is 44.2 Å². The molecule has 1 aromatic rings. The van der Waals surface area contributed by atoms with E-state index in [1.165, 1.54) is 0 Å². The number of amides is 1. The topological polar surface area (TPSA) is 49.3 Å². The molecule has 0 saturated heterocycles. The fourth-order valence-electron chi connectivity index (χ4n) is 2.37. The van der Waals surface area contributed by atoms with Gasteiger partial charge in [-0.05, 0) is 31.0 Å². The van der Waals surface area contributed by atoms with Gasteiger partial charge in [0.05, 0.1) is 22.7 Å². The van der Waals surface area contributed by atoms with Crippen LogP contribution in [0.4, 0.5) is 0 Å². The quantitative estimate of drug-likeness (QED) is 0.822. The van der Waals surface area contributed by atoms with Crippen LogP contribution >= 0.6 is 23.2 Å². The summed E-state index contributed by atoms with van der Waals surface area (Å²) in [7, 11) is 0. The van der Waals surface area contributed by atoms with Crippen molar-refractivity contribution < 1.29 is 9.90 Å². The maximum Gasteiger partial charge on any atom is 0.253 e. The highest BCUT2D eigenvalue weighted by molar-refractivity contribution is 6.35. The summed E-state index contributed by atoms with van der Waals surface area (Å²) in [4.78, 5) is 12.2. The number of aliphatic hydroxyl groups is 1. The fourth-order valence-corrected chi connectivity index (χ4v) is 2.75. The molecule has 0 aliphatic heterocycles. The molecule has 1 aromatic carbocycles. The van der Waals surface area contributed by atoms with Gasteiger partial charge in [0, 0.05) is 5.02 Å². The second-order valence-corrected chi connectivity index (χ2v) is 5.75. The summed E-state index contributed by atoms with van der Waals surface area (Å²) in [5, 5.41) is 13.7. The number of hydrogen-bond acceptors (Lipinski definition) is 2. The summed E-state index contributed by atoms with van der Waals surface area (Å²) in [5.74, 6) is -0.279. The minimum atomic E-state index is -0.482. The average Bonchev–Trinajstić information content (AvgIpc) is 2.58. The summed E-state index contributed by atoms with van der Waals surface area (Å²) < 4.78 is 0. The lowest BCUT2D eigenvalue weighted by molar-refractivity contribution is 0.0819. The molecular formula is C14H17Cl2NO2. The normalized spacial score (nSPS) is 23.7. The number of hydrogen-bond donors (Lipinski definition) is 2. The van der Waals surface area contributed by atoms with E-state index in [1.54, 1.807) is 18.2 Å². The molecule has 3 nitrogen and oxygen atoms in total. The zero-order valence-electron chi connectivity index (χ0n) is 10.5. The SMILES string of the molecule is O=C(NC1CCCCCC1O)c1cc(Cl)ccc1Cl. The number of aliphatic hydroxyl groups excluding tert-OH is 1. The van der Waals surface area contributed by atoms with Crippen LogP contribution in [0.2, 0.25) is 10.0 Å². The fraction of sp³-hybridized carbons (Fsp3) is 0.500. The first-order valence-corrected chi connectivity index (χ1v) is 7.27. The molecule has 0 spiro atoms. The number of nitrogens with one attached hydrogen (secondary N) is 1. The molecule has 2 atom stereocenters. The lowest BCUT2D eigenvalue weighted by Gasteiger charge is -2.22. The smallest absolute Gasteiger partial charge is 0.253 e. The summed E-state index contributed by atoms with van der Waals surface area (Å²) in [5.41, 5.74) is 0.352. The van der Waals surface area contributed by atoms with Crippen LogP contribution in [0.1, 0.15) is 42.5 Å². The second kappa shape index (κ2) is 6.60. The number of carbonyl (C=O) groups excluding carboxylic acids is 1. The molecule has 0 heterocycles. The van der Waals surface area contributed by atoms with E-state index < -0.39 is 6.10 Å². The first-order chi connectivity index (χ1) is 9.08. The van der Waals surface area contributed by atoms with Crippen molar-refractivity contribution in [1.29, 1.82) is 0 Å². The van der Waals surface area contributed by atoms with Crippen LogP contribution in [0.3, 0.4) is 0 Å². The van der Waals surface area contributed by atoms with Crippen molar-refractivity contribution >= 4 is 29.1 Å². The van der Waals surface area contributed by atoms with Crippen LogP contribution in [-0.2, 0) is 0 Å². The Hall–Kier alpha value is -0.770. The van der Waals surface area contributed by atoms with Crippen molar-refractivity contribution in [3.05, 3.63) is 33.8 Å². The Balaban J connectivity index is 2.09. The largest absolute Gasteiger partial charge is 0.391 e. The molecule has 1 saturated carbocycles. The standard InChI is InChI=1S/C14H17Cl2NO2/c15-9-6-7-11(16)10(8-9)14(19)17-12-4-2-1-3-5-13(12)18/h6-8,12-13,18H,1-5H2,(H,17,19). The third-order valence-corrected chi connectivity index (χ3v) is 4.03. The van der Waals surface area contributed by atoms with Crippen LogP contribution in [0.5, 0.6) is 0 Å². The zero-order chi connectivity index (χ0) is 13.8. The third-order valence-electron chi connectivity index (χ3n) is 3.47. The van der Waals surface area contributed by atoms with Gasteiger partial charge >= 0.3 is 0 Å². The summed E-state index contributed by atoms with van der Waals surface area (Å²) in [6.07, 6.45) is 4.17. The molecule has 1 fully saturated rings. The van der Waals surface area contributed by atoms with Gasteiger partial charge in [-0.15, -0.1) is 0 Å². The van der Waals surface area contributed by atoms with E-state index in [4.69, 9.17) is 23.2 Å². The lowest BCUT2D eigenvalue weighted by atomic mass is 10.1. The maximum atomic E-state index is 12.2. The molecule has 1 amide bonds. The van der Waals surface area contributed by atoms with Crippen molar-refractivity contribution in [3.8, 4) is 0 Å². The Morgan fingerprint density at radius 1 is 1.21 bits per heavy atom. The molecule has 1 aliphatic carbocycles. The van der Waals surface area contributed by atoms with E-state index in [2.05, 4.69) is 5.32 Å². The minimum absolute atomic E-state index is 0.204. The van der Waals surface area contributed by atoms with E-state index in [9.17, 15) is 9.90 Å². The van der Waals surface area contributed by atoms with Crippen LogP contribution in [0.15, 0.2) is 18.2 Å². The van der Waals surface area contributed by atoms with E-state index in [-0.39, 0.29) is 11.9 Å². The predicted octanol–water partition coefficient (Wildman–Crippen LogP) is 3.42. The zero-order valence-corrected chi connectivity index (χ0v) is 12.0. The van der Waals surface area contributed by atoms with Crippen molar-refractivity contribution in [3.63, 3.8) is 0 Å². The van der Waals surface area contributed by atoms with Gasteiger partial charge in [-0.25, -0.2) is 0 Å². The Morgan fingerprint density at radius 3 is 2.74 bits per heavy atom. The van der Waals surface area contributed by atoms with Gasteiger partial charge in [0.15, 0.2) is 0 Å². The van der Waals surface area contributed by atoms with Gasteiger partial charge in [0.25, 0.3) is 5.91 Å². The summed E-state index contributed by atoms with van der Waals surface area (Å²) in [6, 6.07) is 4.58. The van der Waals surface area contributed by atoms with Crippen LogP contribution in [-0.4, -0.2) is 23.2 Å². The third kappa shape index (κ3) is 3.85. The van der Waals surface area contributed by atoms with Gasteiger partial charge in [-0.3, -0.25) is 4.79 Å².